The van der Waals surface area contributed by atoms with Crippen LogP contribution in [0.3, 0.4) is 0 Å². The summed E-state index contributed by atoms with van der Waals surface area (Å²) in [6.07, 6.45) is 2.42. The van der Waals surface area contributed by atoms with Gasteiger partial charge in [-0.3, -0.25) is 4.79 Å². The predicted octanol–water partition coefficient (Wildman–Crippen LogP) is 1.34. The highest BCUT2D eigenvalue weighted by molar-refractivity contribution is 6.31. The Balaban J connectivity index is 1.91. The number of anilines is 1. The molecule has 0 unspecified atom stereocenters. The number of aliphatic hydroxyl groups is 1. The number of esters is 1. The van der Waals surface area contributed by atoms with Gasteiger partial charge in [0.25, 0.3) is 0 Å². The van der Waals surface area contributed by atoms with Crippen LogP contribution in [-0.2, 0) is 9.59 Å². The van der Waals surface area contributed by atoms with E-state index >= 15 is 0 Å². The summed E-state index contributed by atoms with van der Waals surface area (Å²) in [5.74, 6) is -0.147. The summed E-state index contributed by atoms with van der Waals surface area (Å²) in [4.78, 5) is 25.2. The Morgan fingerprint density at radius 3 is 2.95 bits per heavy atom. The van der Waals surface area contributed by atoms with Crippen LogP contribution in [0.25, 0.3) is 0 Å². The third kappa shape index (κ3) is 4.61. The summed E-state index contributed by atoms with van der Waals surface area (Å²) in [5.41, 5.74) is 0.641. The van der Waals surface area contributed by atoms with Gasteiger partial charge in [-0.25, -0.2) is 4.79 Å². The molecule has 0 aromatic heterocycles. The molecule has 1 amide bonds. The van der Waals surface area contributed by atoms with Gasteiger partial charge in [-0.1, -0.05) is 11.6 Å². The summed E-state index contributed by atoms with van der Waals surface area (Å²) >= 11 is 5.96. The van der Waals surface area contributed by atoms with Crippen molar-refractivity contribution in [2.45, 2.75) is 19.3 Å². The molecule has 7 heteroatoms. The second-order valence-electron chi connectivity index (χ2n) is 5.08. The number of unbranched alkanes of at least 4 members (excludes halogenated alkanes) is 2. The van der Waals surface area contributed by atoms with Gasteiger partial charge in [0.05, 0.1) is 12.2 Å². The van der Waals surface area contributed by atoms with E-state index in [1.807, 2.05) is 0 Å². The number of amides is 1. The molecular formula is C15H19ClN2O4. The summed E-state index contributed by atoms with van der Waals surface area (Å²) in [7, 11) is 0. The normalized spacial score (nSPS) is 13.5. The largest absolute Gasteiger partial charge is 0.423 e. The van der Waals surface area contributed by atoms with Crippen LogP contribution in [0.2, 0.25) is 5.02 Å². The van der Waals surface area contributed by atoms with Crippen LogP contribution >= 0.6 is 11.6 Å². The number of ether oxygens (including phenoxy) is 1. The number of rotatable bonds is 7. The van der Waals surface area contributed by atoms with E-state index in [1.54, 1.807) is 23.1 Å². The number of aliphatic hydroxyl groups excluding tert-OH is 1. The minimum atomic E-state index is -0.398. The van der Waals surface area contributed by atoms with Crippen molar-refractivity contribution in [1.29, 1.82) is 0 Å². The Morgan fingerprint density at radius 2 is 2.18 bits per heavy atom. The lowest BCUT2D eigenvalue weighted by Crippen LogP contribution is -2.43. The molecule has 2 N–H and O–H groups in total. The van der Waals surface area contributed by atoms with Crippen LogP contribution in [-0.4, -0.2) is 43.2 Å². The van der Waals surface area contributed by atoms with Gasteiger partial charge in [0.2, 0.25) is 5.91 Å². The number of carbonyl (C=O) groups is 2. The van der Waals surface area contributed by atoms with Crippen LogP contribution in [0.5, 0.6) is 5.75 Å². The Hall–Kier alpha value is -1.79. The summed E-state index contributed by atoms with van der Waals surface area (Å²) in [6.45, 7) is 0.814. The Kier molecular flexibility index (Phi) is 6.03. The Morgan fingerprint density at radius 1 is 1.36 bits per heavy atom. The van der Waals surface area contributed by atoms with E-state index in [-0.39, 0.29) is 25.6 Å². The molecule has 120 valence electrons. The van der Waals surface area contributed by atoms with Gasteiger partial charge in [0.15, 0.2) is 5.75 Å². The highest BCUT2D eigenvalue weighted by atomic mass is 35.5. The fourth-order valence-corrected chi connectivity index (χ4v) is 2.40. The number of nitrogens with zero attached hydrogens (tertiary/aromatic N) is 1. The zero-order valence-electron chi connectivity index (χ0n) is 12.2. The van der Waals surface area contributed by atoms with Gasteiger partial charge in [0, 0.05) is 18.2 Å². The zero-order valence-corrected chi connectivity index (χ0v) is 12.9. The Bertz CT molecular complexity index is 550. The smallest absolute Gasteiger partial charge is 0.331 e. The van der Waals surface area contributed by atoms with Crippen LogP contribution in [0.15, 0.2) is 18.2 Å². The lowest BCUT2D eigenvalue weighted by Gasteiger charge is -2.29. The highest BCUT2D eigenvalue weighted by Gasteiger charge is 2.25. The minimum Gasteiger partial charge on any atom is -0.423 e. The predicted molar refractivity (Wildman–Crippen MR) is 83.2 cm³/mol. The van der Waals surface area contributed by atoms with Crippen LogP contribution in [0, 0.1) is 0 Å². The zero-order chi connectivity index (χ0) is 15.9. The van der Waals surface area contributed by atoms with E-state index < -0.39 is 5.97 Å². The van der Waals surface area contributed by atoms with Crippen LogP contribution in [0.4, 0.5) is 5.69 Å². The van der Waals surface area contributed by atoms with Crippen molar-refractivity contribution in [1.82, 2.24) is 5.32 Å². The van der Waals surface area contributed by atoms with Gasteiger partial charge in [-0.05, 0) is 37.5 Å². The lowest BCUT2D eigenvalue weighted by molar-refractivity contribution is -0.133. The second kappa shape index (κ2) is 8.00. The number of hydrogen-bond acceptors (Lipinski definition) is 5. The van der Waals surface area contributed by atoms with Crippen molar-refractivity contribution in [3.8, 4) is 5.75 Å². The maximum atomic E-state index is 12.0. The van der Waals surface area contributed by atoms with E-state index in [4.69, 9.17) is 21.4 Å². The number of benzene rings is 1. The Labute approximate surface area is 134 Å². The lowest BCUT2D eigenvalue weighted by atomic mass is 10.2. The molecule has 0 radical (unpaired) electrons. The van der Waals surface area contributed by atoms with Crippen molar-refractivity contribution in [2.24, 2.45) is 0 Å². The summed E-state index contributed by atoms with van der Waals surface area (Å²) in [5, 5.41) is 12.0. The average Bonchev–Trinajstić information content (AvgIpc) is 2.47. The number of hydrogen-bond donors (Lipinski definition) is 2. The number of nitrogens with one attached hydrogen (secondary N) is 1. The fourth-order valence-electron chi connectivity index (χ4n) is 2.23. The van der Waals surface area contributed by atoms with Crippen LogP contribution in [0.1, 0.15) is 19.3 Å². The molecule has 1 heterocycles. The van der Waals surface area contributed by atoms with Crippen molar-refractivity contribution in [2.75, 3.05) is 31.1 Å². The molecule has 0 fully saturated rings. The molecule has 1 aromatic carbocycles. The second-order valence-corrected chi connectivity index (χ2v) is 5.51. The topological polar surface area (TPSA) is 78.9 Å². The van der Waals surface area contributed by atoms with Gasteiger partial charge >= 0.3 is 5.97 Å². The van der Waals surface area contributed by atoms with E-state index in [0.29, 0.717) is 23.0 Å². The third-order valence-corrected chi connectivity index (χ3v) is 3.53. The SMILES string of the molecule is O=C(CN1CC(=O)Oc2ccc(Cl)cc21)NCCCCCO. The third-order valence-electron chi connectivity index (χ3n) is 3.30. The molecule has 0 saturated carbocycles. The molecule has 6 nitrogen and oxygen atoms in total. The first-order valence-corrected chi connectivity index (χ1v) is 7.60. The first kappa shape index (κ1) is 16.6. The number of carbonyl (C=O) groups excluding carboxylic acids is 2. The molecule has 22 heavy (non-hydrogen) atoms. The van der Waals surface area contributed by atoms with Gasteiger partial charge in [-0.2, -0.15) is 0 Å². The minimum absolute atomic E-state index is 0.0191. The van der Waals surface area contributed by atoms with Crippen molar-refractivity contribution in [3.63, 3.8) is 0 Å². The average molecular weight is 327 g/mol. The van der Waals surface area contributed by atoms with Crippen molar-refractivity contribution in [3.05, 3.63) is 23.2 Å². The van der Waals surface area contributed by atoms with E-state index in [0.717, 1.165) is 19.3 Å². The quantitative estimate of drug-likeness (QED) is 0.449. The van der Waals surface area contributed by atoms with Crippen molar-refractivity contribution < 1.29 is 19.4 Å². The van der Waals surface area contributed by atoms with E-state index in [2.05, 4.69) is 5.32 Å². The molecule has 0 atom stereocenters. The number of fused-ring (bicyclic) bond motifs is 1. The van der Waals surface area contributed by atoms with Gasteiger partial charge in [-0.15, -0.1) is 0 Å². The number of halogens is 1. The molecule has 0 spiro atoms. The maximum absolute atomic E-state index is 12.0. The maximum Gasteiger partial charge on any atom is 0.331 e. The van der Waals surface area contributed by atoms with Gasteiger partial charge in [0.1, 0.15) is 6.54 Å². The van der Waals surface area contributed by atoms with Gasteiger partial charge < -0.3 is 20.1 Å². The van der Waals surface area contributed by atoms with Crippen LogP contribution < -0.4 is 15.0 Å². The molecule has 0 aliphatic carbocycles. The summed E-state index contributed by atoms with van der Waals surface area (Å²) < 4.78 is 5.13. The molecule has 1 aliphatic rings. The van der Waals surface area contributed by atoms with E-state index in [9.17, 15) is 9.59 Å². The fraction of sp³-hybridized carbons (Fsp3) is 0.467. The monoisotopic (exact) mass is 326 g/mol. The van der Waals surface area contributed by atoms with Crippen molar-refractivity contribution >= 4 is 29.2 Å². The standard InChI is InChI=1S/C15H19ClN2O4/c16-11-4-5-13-12(8-11)18(10-15(21)22-13)9-14(20)17-6-2-1-3-7-19/h4-5,8,19H,1-3,6-7,9-10H2,(H,17,20). The molecule has 1 aliphatic heterocycles. The first-order valence-electron chi connectivity index (χ1n) is 7.23. The molecular weight excluding hydrogens is 308 g/mol. The molecule has 1 aromatic rings. The molecule has 0 saturated heterocycles. The molecule has 2 rings (SSSR count). The first-order chi connectivity index (χ1) is 10.6. The molecule has 0 bridgehead atoms. The van der Waals surface area contributed by atoms with E-state index in [1.165, 1.54) is 0 Å². The summed E-state index contributed by atoms with van der Waals surface area (Å²) in [6, 6.07) is 4.94. The highest BCUT2D eigenvalue weighted by Crippen LogP contribution is 2.34.